The zero-order valence-corrected chi connectivity index (χ0v) is 38.3. The molecule has 0 saturated carbocycles. The summed E-state index contributed by atoms with van der Waals surface area (Å²) in [6, 6.07) is 54.1. The second-order valence-corrected chi connectivity index (χ2v) is 21.6. The van der Waals surface area contributed by atoms with E-state index in [9.17, 15) is 0 Å². The molecule has 2 nitrogen and oxygen atoms in total. The molecule has 0 atom stereocenters. The minimum absolute atomic E-state index is 0.00169. The standard InChI is InChI=1S/C58H59BN2/c1-36-31-52-54-53(32-36)61(43-26-20-39(21-27-43)55(2,3)4)51-30-23-41(57(8,9)10)35-49(51)59(54)48-34-40(56(5,6)7)22-29-50(48)60(52)42-24-17-37(18-25-42)38-19-28-45-44-15-13-14-16-46(44)58(11,12)47(45)33-38/h13-35H,1-12H3. The summed E-state index contributed by atoms with van der Waals surface area (Å²) < 4.78 is 0. The maximum absolute atomic E-state index is 2.55. The summed E-state index contributed by atoms with van der Waals surface area (Å²) in [4.78, 5) is 5.10. The molecule has 2 heterocycles. The molecule has 0 radical (unpaired) electrons. The summed E-state index contributed by atoms with van der Waals surface area (Å²) in [5.41, 5.74) is 24.8. The van der Waals surface area contributed by atoms with Crippen LogP contribution in [0.2, 0.25) is 0 Å². The van der Waals surface area contributed by atoms with Gasteiger partial charge in [0.05, 0.1) is 0 Å². The van der Waals surface area contributed by atoms with E-state index in [2.05, 4.69) is 232 Å². The Morgan fingerprint density at radius 1 is 0.426 bits per heavy atom. The maximum Gasteiger partial charge on any atom is 0.252 e. The molecule has 3 aliphatic rings. The van der Waals surface area contributed by atoms with Gasteiger partial charge in [0.25, 0.3) is 6.71 Å². The van der Waals surface area contributed by atoms with Gasteiger partial charge in [-0.05, 0) is 150 Å². The molecular weight excluding hydrogens is 735 g/mol. The number of aryl methyl sites for hydroxylation is 1. The monoisotopic (exact) mass is 794 g/mol. The van der Waals surface area contributed by atoms with E-state index < -0.39 is 0 Å². The van der Waals surface area contributed by atoms with Crippen LogP contribution in [0.3, 0.4) is 0 Å². The molecule has 0 unspecified atom stereocenters. The highest BCUT2D eigenvalue weighted by molar-refractivity contribution is 7.00. The van der Waals surface area contributed by atoms with E-state index >= 15 is 0 Å². The zero-order chi connectivity index (χ0) is 43.0. The van der Waals surface area contributed by atoms with Crippen molar-refractivity contribution in [3.8, 4) is 22.3 Å². The number of anilines is 6. The molecule has 2 aliphatic heterocycles. The van der Waals surface area contributed by atoms with Gasteiger partial charge < -0.3 is 9.80 Å². The van der Waals surface area contributed by atoms with E-state index in [-0.39, 0.29) is 28.4 Å². The van der Waals surface area contributed by atoms with Crippen molar-refractivity contribution in [2.75, 3.05) is 9.80 Å². The first-order valence-electron chi connectivity index (χ1n) is 22.3. The van der Waals surface area contributed by atoms with Gasteiger partial charge in [0.1, 0.15) is 0 Å². The first-order valence-corrected chi connectivity index (χ1v) is 22.3. The van der Waals surface area contributed by atoms with Crippen LogP contribution in [-0.2, 0) is 21.7 Å². The van der Waals surface area contributed by atoms with Gasteiger partial charge in [0.15, 0.2) is 0 Å². The summed E-state index contributed by atoms with van der Waals surface area (Å²) >= 11 is 0. The van der Waals surface area contributed by atoms with Gasteiger partial charge >= 0.3 is 0 Å². The summed E-state index contributed by atoms with van der Waals surface area (Å²) in [5, 5.41) is 0. The highest BCUT2D eigenvalue weighted by Crippen LogP contribution is 2.50. The summed E-state index contributed by atoms with van der Waals surface area (Å²) in [6.45, 7) is 28.0. The molecule has 7 aromatic carbocycles. The third kappa shape index (κ3) is 6.21. The first kappa shape index (κ1) is 39.3. The van der Waals surface area contributed by atoms with E-state index in [4.69, 9.17) is 0 Å². The van der Waals surface area contributed by atoms with Crippen molar-refractivity contribution in [3.63, 3.8) is 0 Å². The van der Waals surface area contributed by atoms with E-state index in [1.165, 1.54) is 106 Å². The Hall–Kier alpha value is -5.80. The van der Waals surface area contributed by atoms with Crippen LogP contribution in [0, 0.1) is 6.92 Å². The molecule has 0 saturated heterocycles. The Morgan fingerprint density at radius 3 is 1.41 bits per heavy atom. The Bertz CT molecular complexity index is 2890. The third-order valence-corrected chi connectivity index (χ3v) is 14.0. The highest BCUT2D eigenvalue weighted by Gasteiger charge is 2.44. The molecular formula is C58H59BN2. The van der Waals surface area contributed by atoms with Gasteiger partial charge in [-0.2, -0.15) is 0 Å². The molecule has 0 amide bonds. The van der Waals surface area contributed by atoms with Crippen molar-refractivity contribution in [2.45, 2.75) is 105 Å². The molecule has 0 spiro atoms. The lowest BCUT2D eigenvalue weighted by molar-refractivity contribution is 0.590. The van der Waals surface area contributed by atoms with Gasteiger partial charge in [0, 0.05) is 39.5 Å². The normalized spacial score (nSPS) is 14.9. The van der Waals surface area contributed by atoms with Gasteiger partial charge in [-0.1, -0.05) is 161 Å². The molecule has 0 bridgehead atoms. The fraction of sp³-hybridized carbons (Fsp3) is 0.276. The molecule has 304 valence electrons. The van der Waals surface area contributed by atoms with Crippen molar-refractivity contribution < 1.29 is 0 Å². The highest BCUT2D eigenvalue weighted by atomic mass is 15.2. The number of benzene rings is 7. The molecule has 0 fully saturated rings. The number of rotatable bonds is 3. The van der Waals surface area contributed by atoms with Crippen LogP contribution >= 0.6 is 0 Å². The average Bonchev–Trinajstić information content (AvgIpc) is 3.44. The lowest BCUT2D eigenvalue weighted by Crippen LogP contribution is -2.61. The molecule has 61 heavy (non-hydrogen) atoms. The fourth-order valence-electron chi connectivity index (χ4n) is 10.4. The smallest absolute Gasteiger partial charge is 0.252 e. The first-order chi connectivity index (χ1) is 28.8. The topological polar surface area (TPSA) is 6.48 Å². The SMILES string of the molecule is Cc1cc2c3c(c1)N(c1ccc(C(C)(C)C)cc1)c1ccc(C(C)(C)C)cc1B3c1cc(C(C)(C)C)ccc1N2c1ccc(-c2ccc3c(c2)C(C)(C)c2ccccc2-3)cc1. The van der Waals surface area contributed by atoms with Crippen molar-refractivity contribution >= 4 is 57.2 Å². The second kappa shape index (κ2) is 13.4. The van der Waals surface area contributed by atoms with Crippen LogP contribution in [-0.4, -0.2) is 6.71 Å². The Labute approximate surface area is 365 Å². The van der Waals surface area contributed by atoms with E-state index in [0.29, 0.717) is 0 Å². The summed E-state index contributed by atoms with van der Waals surface area (Å²) in [7, 11) is 0. The van der Waals surface area contributed by atoms with Gasteiger partial charge in [-0.3, -0.25) is 0 Å². The number of hydrogen-bond donors (Lipinski definition) is 0. The maximum atomic E-state index is 2.55. The second-order valence-electron chi connectivity index (χ2n) is 21.6. The number of fused-ring (bicyclic) bond motifs is 7. The minimum Gasteiger partial charge on any atom is -0.311 e. The van der Waals surface area contributed by atoms with E-state index in [0.717, 1.165) is 0 Å². The molecule has 10 rings (SSSR count). The Balaban J connectivity index is 1.17. The van der Waals surface area contributed by atoms with E-state index in [1.54, 1.807) is 0 Å². The van der Waals surface area contributed by atoms with Crippen molar-refractivity contribution in [1.82, 2.24) is 0 Å². The number of nitrogens with zero attached hydrogens (tertiary/aromatic N) is 2. The average molecular weight is 795 g/mol. The van der Waals surface area contributed by atoms with Crippen LogP contribution in [0.25, 0.3) is 22.3 Å². The van der Waals surface area contributed by atoms with Crippen LogP contribution in [0.5, 0.6) is 0 Å². The molecule has 0 aromatic heterocycles. The predicted molar refractivity (Wildman–Crippen MR) is 264 cm³/mol. The van der Waals surface area contributed by atoms with Gasteiger partial charge in [0.2, 0.25) is 0 Å². The minimum atomic E-state index is -0.0408. The van der Waals surface area contributed by atoms with Crippen LogP contribution in [0.15, 0.2) is 140 Å². The third-order valence-electron chi connectivity index (χ3n) is 14.0. The quantitative estimate of drug-likeness (QED) is 0.164. The van der Waals surface area contributed by atoms with Crippen molar-refractivity contribution in [2.24, 2.45) is 0 Å². The van der Waals surface area contributed by atoms with Crippen LogP contribution in [0.1, 0.15) is 110 Å². The Morgan fingerprint density at radius 2 is 0.885 bits per heavy atom. The van der Waals surface area contributed by atoms with Crippen LogP contribution in [0.4, 0.5) is 34.1 Å². The fourth-order valence-corrected chi connectivity index (χ4v) is 10.4. The summed E-state index contributed by atoms with van der Waals surface area (Å²) in [5.74, 6) is 0. The largest absolute Gasteiger partial charge is 0.311 e. The molecule has 0 N–H and O–H groups in total. The summed E-state index contributed by atoms with van der Waals surface area (Å²) in [6.07, 6.45) is 0. The van der Waals surface area contributed by atoms with Crippen molar-refractivity contribution in [1.29, 1.82) is 0 Å². The lowest BCUT2D eigenvalue weighted by Gasteiger charge is -2.45. The van der Waals surface area contributed by atoms with Gasteiger partial charge in [-0.15, -0.1) is 0 Å². The predicted octanol–water partition coefficient (Wildman–Crippen LogP) is 13.9. The zero-order valence-electron chi connectivity index (χ0n) is 38.3. The van der Waals surface area contributed by atoms with E-state index in [1.807, 2.05) is 0 Å². The number of hydrogen-bond acceptors (Lipinski definition) is 2. The van der Waals surface area contributed by atoms with Gasteiger partial charge in [-0.25, -0.2) is 0 Å². The van der Waals surface area contributed by atoms with Crippen LogP contribution < -0.4 is 26.2 Å². The molecule has 1 aliphatic carbocycles. The lowest BCUT2D eigenvalue weighted by atomic mass is 9.33. The molecule has 7 aromatic rings. The molecule has 3 heteroatoms. The van der Waals surface area contributed by atoms with Crippen molar-refractivity contribution in [3.05, 3.63) is 173 Å². The Kier molecular flexibility index (Phi) is 8.61.